The zero-order chi connectivity index (χ0) is 52.9. The zero-order valence-corrected chi connectivity index (χ0v) is 44.0. The summed E-state index contributed by atoms with van der Waals surface area (Å²) in [5.41, 5.74) is -2.71. The Hall–Kier alpha value is -5.93. The fraction of sp³-hybridized carbons (Fsp3) is 0.607. The number of alkyl halides is 1. The van der Waals surface area contributed by atoms with Gasteiger partial charge in [0.2, 0.25) is 11.8 Å². The number of aromatic nitrogens is 3. The van der Waals surface area contributed by atoms with Crippen LogP contribution in [0.15, 0.2) is 30.5 Å². The number of nitrogens with one attached hydrogen (secondary N) is 1. The average Bonchev–Trinajstić information content (AvgIpc) is 3.89. The summed E-state index contributed by atoms with van der Waals surface area (Å²) in [6.07, 6.45) is 13.1. The molecule has 2 aromatic carbocycles. The van der Waals surface area contributed by atoms with E-state index < -0.39 is 34.4 Å². The molecule has 3 amide bonds. The molecule has 4 aromatic rings. The highest BCUT2D eigenvalue weighted by Crippen LogP contribution is 2.41. The number of pyridine rings is 1. The van der Waals surface area contributed by atoms with Crippen LogP contribution < -0.4 is 15.0 Å². The summed E-state index contributed by atoms with van der Waals surface area (Å²) >= 11 is 0. The Labute approximate surface area is 432 Å². The van der Waals surface area contributed by atoms with Crippen LogP contribution in [0.5, 0.6) is 11.8 Å². The Kier molecular flexibility index (Phi) is 15.0. The molecule has 2 bridgehead atoms. The molecule has 15 nitrogen and oxygen atoms in total. The summed E-state index contributed by atoms with van der Waals surface area (Å²) in [4.78, 5) is 64.2. The highest BCUT2D eigenvalue weighted by Gasteiger charge is 2.46. The molecule has 0 saturated carbocycles. The van der Waals surface area contributed by atoms with Gasteiger partial charge in [0.05, 0.1) is 29.6 Å². The number of rotatable bonds is 12. The number of phenols is 1. The van der Waals surface area contributed by atoms with Crippen LogP contribution in [0.1, 0.15) is 112 Å². The van der Waals surface area contributed by atoms with E-state index in [2.05, 4.69) is 33.0 Å². The van der Waals surface area contributed by atoms with Gasteiger partial charge in [0.1, 0.15) is 52.5 Å². The van der Waals surface area contributed by atoms with Gasteiger partial charge in [-0.15, -0.1) is 6.42 Å². The number of hydrogen-bond donors (Lipinski definition) is 2. The molecule has 5 saturated heterocycles. The normalized spacial score (nSPS) is 22.3. The van der Waals surface area contributed by atoms with Crippen molar-refractivity contribution in [3.8, 4) is 35.4 Å². The number of amides is 3. The number of terminal acetylenes is 1. The standard InChI is InChI=1S/C56H72F3N9O6/c1-9-40-43(57)15-12-36-27-39(69)28-41(45(36)40)47-46(58)48-42(30-60-47)50(66-31-37-13-14-38(32-66)68(37)53(72)74-55(6,7)8)63-52(62-48)73-26-25-64-21-16-35(17-22-64)29-56(59)18-23-65(24-19-56)33-44(70)61-49(54(3,4)5)51(71)67-20-10-11-34(67)2/h1,12,15,27-28,30,34-35,37-38,49,69H,10-11,13-14,16-26,29,31-33H2,2-8H3,(H,61,70). The van der Waals surface area contributed by atoms with Gasteiger partial charge < -0.3 is 29.7 Å². The van der Waals surface area contributed by atoms with E-state index in [-0.39, 0.29) is 94.6 Å². The van der Waals surface area contributed by atoms with Crippen LogP contribution in [0.25, 0.3) is 32.9 Å². The molecule has 74 heavy (non-hydrogen) atoms. The lowest BCUT2D eigenvalue weighted by atomic mass is 9.80. The van der Waals surface area contributed by atoms with Gasteiger partial charge in [0.15, 0.2) is 5.82 Å². The molecule has 4 atom stereocenters. The number of hydrogen-bond acceptors (Lipinski definition) is 12. The third-order valence-electron chi connectivity index (χ3n) is 15.9. The summed E-state index contributed by atoms with van der Waals surface area (Å²) in [7, 11) is 0. The molecule has 7 heterocycles. The van der Waals surface area contributed by atoms with Crippen molar-refractivity contribution in [2.24, 2.45) is 11.3 Å². The first-order valence-corrected chi connectivity index (χ1v) is 26.5. The largest absolute Gasteiger partial charge is 0.508 e. The number of halogens is 3. The molecule has 4 unspecified atom stereocenters. The summed E-state index contributed by atoms with van der Waals surface area (Å²) in [5.74, 6) is 1.04. The van der Waals surface area contributed by atoms with Crippen molar-refractivity contribution in [1.29, 1.82) is 0 Å². The van der Waals surface area contributed by atoms with Gasteiger partial charge in [-0.2, -0.15) is 9.97 Å². The fourth-order valence-corrected chi connectivity index (χ4v) is 12.0. The molecule has 398 valence electrons. The molecule has 0 aliphatic carbocycles. The average molecular weight is 1020 g/mol. The zero-order valence-electron chi connectivity index (χ0n) is 44.0. The van der Waals surface area contributed by atoms with Crippen molar-refractivity contribution >= 4 is 45.4 Å². The molecule has 5 fully saturated rings. The number of likely N-dealkylation sites (tertiary alicyclic amines) is 3. The number of anilines is 1. The van der Waals surface area contributed by atoms with Gasteiger partial charge in [0, 0.05) is 62.5 Å². The molecule has 2 N–H and O–H groups in total. The lowest BCUT2D eigenvalue weighted by Gasteiger charge is -2.42. The van der Waals surface area contributed by atoms with E-state index in [1.54, 1.807) is 0 Å². The summed E-state index contributed by atoms with van der Waals surface area (Å²) in [6, 6.07) is 4.51. The second-order valence-corrected chi connectivity index (χ2v) is 23.5. The predicted molar refractivity (Wildman–Crippen MR) is 277 cm³/mol. The van der Waals surface area contributed by atoms with Crippen molar-refractivity contribution in [3.63, 3.8) is 0 Å². The Morgan fingerprint density at radius 1 is 0.946 bits per heavy atom. The third kappa shape index (κ3) is 11.3. The lowest BCUT2D eigenvalue weighted by Crippen LogP contribution is -2.57. The Morgan fingerprint density at radius 2 is 1.65 bits per heavy atom. The van der Waals surface area contributed by atoms with Crippen LogP contribution in [0.2, 0.25) is 0 Å². The Balaban J connectivity index is 0.846. The number of piperidine rings is 2. The summed E-state index contributed by atoms with van der Waals surface area (Å²) < 4.78 is 60.8. The van der Waals surface area contributed by atoms with Crippen LogP contribution in [-0.2, 0) is 14.3 Å². The second-order valence-electron chi connectivity index (χ2n) is 23.5. The smallest absolute Gasteiger partial charge is 0.410 e. The highest BCUT2D eigenvalue weighted by atomic mass is 19.1. The maximum atomic E-state index is 17.3. The predicted octanol–water partition coefficient (Wildman–Crippen LogP) is 8.23. The van der Waals surface area contributed by atoms with Crippen molar-refractivity contribution in [1.82, 2.24) is 39.9 Å². The van der Waals surface area contributed by atoms with Gasteiger partial charge in [-0.1, -0.05) is 32.8 Å². The van der Waals surface area contributed by atoms with Gasteiger partial charge in [-0.25, -0.2) is 18.0 Å². The van der Waals surface area contributed by atoms with Crippen LogP contribution in [-0.4, -0.2) is 159 Å². The van der Waals surface area contributed by atoms with Crippen molar-refractivity contribution in [3.05, 3.63) is 47.7 Å². The highest BCUT2D eigenvalue weighted by molar-refractivity contribution is 6.03. The first-order chi connectivity index (χ1) is 35.1. The molecule has 0 radical (unpaired) electrons. The van der Waals surface area contributed by atoms with E-state index in [4.69, 9.17) is 20.9 Å². The molecule has 5 aliphatic rings. The minimum Gasteiger partial charge on any atom is -0.508 e. The molecule has 9 rings (SSSR count). The molecule has 18 heteroatoms. The van der Waals surface area contributed by atoms with Gasteiger partial charge in [-0.3, -0.25) is 29.3 Å². The van der Waals surface area contributed by atoms with Crippen LogP contribution >= 0.6 is 0 Å². The monoisotopic (exact) mass is 1020 g/mol. The number of aromatic hydroxyl groups is 1. The van der Waals surface area contributed by atoms with E-state index in [1.807, 2.05) is 61.1 Å². The fourth-order valence-electron chi connectivity index (χ4n) is 12.0. The van der Waals surface area contributed by atoms with Crippen LogP contribution in [0.3, 0.4) is 0 Å². The molecule has 0 spiro atoms. The molecule has 5 aliphatic heterocycles. The number of phenolic OH excluding ortho intramolecular Hbond substituents is 1. The number of benzene rings is 2. The van der Waals surface area contributed by atoms with E-state index in [0.717, 1.165) is 51.6 Å². The Bertz CT molecular complexity index is 2800. The second kappa shape index (κ2) is 21.0. The van der Waals surface area contributed by atoms with E-state index >= 15 is 13.2 Å². The van der Waals surface area contributed by atoms with E-state index in [9.17, 15) is 19.5 Å². The SMILES string of the molecule is C#Cc1c(F)ccc2cc(O)cc(-c3ncc4c(N5CC6CCC(C5)N6C(=O)OC(C)(C)C)nc(OCCN5CCC(CC6(F)CCN(CC(=O)NC(C(=O)N7CCCC7C)C(C)(C)C)CC6)CC5)nc4c3F)c12. The summed E-state index contributed by atoms with van der Waals surface area (Å²) in [6.45, 7) is 18.3. The maximum absolute atomic E-state index is 17.3. The first kappa shape index (κ1) is 52.9. The minimum absolute atomic E-state index is 0.0353. The third-order valence-corrected chi connectivity index (χ3v) is 15.9. The topological polar surface area (TPSA) is 157 Å². The van der Waals surface area contributed by atoms with Gasteiger partial charge in [-0.05, 0) is 133 Å². The van der Waals surface area contributed by atoms with Crippen molar-refractivity contribution in [2.45, 2.75) is 142 Å². The van der Waals surface area contributed by atoms with Gasteiger partial charge >= 0.3 is 12.1 Å². The number of piperazine rings is 1. The van der Waals surface area contributed by atoms with Gasteiger partial charge in [0.25, 0.3) is 0 Å². The number of carbonyl (C=O) groups is 3. The van der Waals surface area contributed by atoms with Crippen LogP contribution in [0, 0.1) is 35.3 Å². The van der Waals surface area contributed by atoms with Crippen molar-refractivity contribution in [2.75, 3.05) is 70.4 Å². The van der Waals surface area contributed by atoms with Crippen LogP contribution in [0.4, 0.5) is 23.8 Å². The van der Waals surface area contributed by atoms with E-state index in [0.29, 0.717) is 75.1 Å². The van der Waals surface area contributed by atoms with E-state index in [1.165, 1.54) is 30.5 Å². The number of fused-ring (bicyclic) bond motifs is 4. The maximum Gasteiger partial charge on any atom is 0.410 e. The molecular formula is C56H72F3N9O6. The van der Waals surface area contributed by atoms with Crippen molar-refractivity contribution < 1.29 is 42.1 Å². The number of carbonyl (C=O) groups excluding carboxylic acids is 3. The summed E-state index contributed by atoms with van der Waals surface area (Å²) in [5, 5.41) is 14.7. The lowest BCUT2D eigenvalue weighted by molar-refractivity contribution is -0.140. The Morgan fingerprint density at radius 3 is 2.28 bits per heavy atom. The molecular weight excluding hydrogens is 952 g/mol. The first-order valence-electron chi connectivity index (χ1n) is 26.5. The number of ether oxygens (including phenoxy) is 2. The number of nitrogens with zero attached hydrogens (tertiary/aromatic N) is 8. The quantitative estimate of drug-likeness (QED) is 0.131. The minimum atomic E-state index is -1.32. The molecule has 2 aromatic heterocycles.